The highest BCUT2D eigenvalue weighted by atomic mass is 79.9. The van der Waals surface area contributed by atoms with Crippen molar-refractivity contribution in [2.45, 2.75) is 83.2 Å². The van der Waals surface area contributed by atoms with Gasteiger partial charge in [-0.1, -0.05) is 46.1 Å². The first-order valence-electron chi connectivity index (χ1n) is 12.4. The second kappa shape index (κ2) is 10.6. The van der Waals surface area contributed by atoms with Gasteiger partial charge in [-0.15, -0.1) is 0 Å². The van der Waals surface area contributed by atoms with E-state index in [1.54, 1.807) is 0 Å². The molecule has 3 aromatic rings. The fourth-order valence-electron chi connectivity index (χ4n) is 4.76. The zero-order valence-corrected chi connectivity index (χ0v) is 23.7. The van der Waals surface area contributed by atoms with E-state index in [4.69, 9.17) is 4.98 Å². The highest BCUT2D eigenvalue weighted by Crippen LogP contribution is 2.32. The van der Waals surface area contributed by atoms with Crippen LogP contribution in [0.5, 0.6) is 0 Å². The molecule has 194 valence electrons. The molecule has 0 saturated heterocycles. The largest absolute Gasteiger partial charge is 0.327 e. The number of amides is 1. The number of pyridine rings is 1. The van der Waals surface area contributed by atoms with Crippen LogP contribution in [-0.4, -0.2) is 28.9 Å². The van der Waals surface area contributed by atoms with E-state index in [0.717, 1.165) is 29.0 Å². The second-order valence-electron chi connectivity index (χ2n) is 10.6. The minimum atomic E-state index is -3.81. The summed E-state index contributed by atoms with van der Waals surface area (Å²) in [5, 5.41) is 2.55. The van der Waals surface area contributed by atoms with Gasteiger partial charge < -0.3 is 9.88 Å². The van der Waals surface area contributed by atoms with Gasteiger partial charge in [0.2, 0.25) is 15.9 Å². The quantitative estimate of drug-likeness (QED) is 0.386. The van der Waals surface area contributed by atoms with Gasteiger partial charge >= 0.3 is 0 Å². The number of hydrogen-bond acceptors (Lipinski definition) is 5. The smallest absolute Gasteiger partial charge is 0.242 e. The van der Waals surface area contributed by atoms with Gasteiger partial charge in [-0.3, -0.25) is 4.79 Å². The van der Waals surface area contributed by atoms with Crippen LogP contribution < -0.4 is 10.0 Å². The molecule has 1 fully saturated rings. The lowest BCUT2D eigenvalue weighted by atomic mass is 9.88. The first-order chi connectivity index (χ1) is 16.9. The summed E-state index contributed by atoms with van der Waals surface area (Å²) in [4.78, 5) is 20.3. The topological polar surface area (TPSA) is 106 Å². The molecule has 0 radical (unpaired) electrons. The monoisotopic (exact) mass is 575 g/mol. The Bertz CT molecular complexity index is 1370. The second-order valence-corrected chi connectivity index (χ2v) is 13.3. The summed E-state index contributed by atoms with van der Waals surface area (Å²) in [7, 11) is -3.81. The van der Waals surface area contributed by atoms with Gasteiger partial charge in [0.05, 0.1) is 15.5 Å². The molecule has 0 aliphatic heterocycles. The first kappa shape index (κ1) is 26.8. The van der Waals surface area contributed by atoms with Crippen LogP contribution in [0.1, 0.15) is 71.2 Å². The van der Waals surface area contributed by atoms with Gasteiger partial charge in [0.1, 0.15) is 16.5 Å². The number of carbonyl (C=O) groups is 1. The van der Waals surface area contributed by atoms with E-state index in [-0.39, 0.29) is 28.6 Å². The van der Waals surface area contributed by atoms with Crippen molar-refractivity contribution < 1.29 is 13.2 Å². The summed E-state index contributed by atoms with van der Waals surface area (Å²) in [5.74, 6) is 1.72. The molecular weight excluding hydrogens is 542 g/mol. The zero-order valence-electron chi connectivity index (χ0n) is 21.3. The number of hydrogen-bond donors (Lipinski definition) is 2. The van der Waals surface area contributed by atoms with E-state index in [9.17, 15) is 13.2 Å². The Hall–Kier alpha value is -2.30. The lowest BCUT2D eigenvalue weighted by Crippen LogP contribution is -2.23. The maximum Gasteiger partial charge on any atom is 0.242 e. The lowest BCUT2D eigenvalue weighted by molar-refractivity contribution is -0.114. The Morgan fingerprint density at radius 1 is 1.17 bits per heavy atom. The van der Waals surface area contributed by atoms with Crippen molar-refractivity contribution in [1.29, 1.82) is 0 Å². The Morgan fingerprint density at radius 2 is 1.89 bits per heavy atom. The summed E-state index contributed by atoms with van der Waals surface area (Å²) in [6.45, 7) is 9.02. The number of anilines is 1. The third-order valence-electron chi connectivity index (χ3n) is 6.54. The number of rotatable bonds is 7. The van der Waals surface area contributed by atoms with Crippen LogP contribution >= 0.6 is 15.9 Å². The molecule has 2 N–H and O–H groups in total. The van der Waals surface area contributed by atoms with Gasteiger partial charge in [0, 0.05) is 31.6 Å². The summed E-state index contributed by atoms with van der Waals surface area (Å²) in [6.07, 6.45) is 7.69. The Morgan fingerprint density at radius 3 is 2.53 bits per heavy atom. The number of aromatic nitrogens is 3. The van der Waals surface area contributed by atoms with Gasteiger partial charge in [0.15, 0.2) is 0 Å². The predicted octanol–water partition coefficient (Wildman–Crippen LogP) is 5.51. The average molecular weight is 577 g/mol. The van der Waals surface area contributed by atoms with Crippen molar-refractivity contribution in [1.82, 2.24) is 19.3 Å². The van der Waals surface area contributed by atoms with Crippen molar-refractivity contribution in [3.63, 3.8) is 0 Å². The van der Waals surface area contributed by atoms with Gasteiger partial charge in [-0.25, -0.2) is 23.1 Å². The fourth-order valence-corrected chi connectivity index (χ4v) is 6.35. The number of benzene rings is 1. The molecule has 0 spiro atoms. The molecule has 2 aromatic heterocycles. The van der Waals surface area contributed by atoms with Crippen LogP contribution in [0.3, 0.4) is 0 Å². The van der Waals surface area contributed by atoms with Gasteiger partial charge in [0.25, 0.3) is 0 Å². The number of halogens is 1. The maximum absolute atomic E-state index is 12.9. The summed E-state index contributed by atoms with van der Waals surface area (Å²) < 4.78 is 31.2. The number of carbonyl (C=O) groups excluding carboxylic acids is 1. The van der Waals surface area contributed by atoms with Crippen molar-refractivity contribution >= 4 is 48.7 Å². The molecule has 1 saturated carbocycles. The van der Waals surface area contributed by atoms with Crippen LogP contribution in [0, 0.1) is 5.92 Å². The molecule has 1 aromatic carbocycles. The van der Waals surface area contributed by atoms with Crippen LogP contribution in [0.25, 0.3) is 11.0 Å². The Kier molecular flexibility index (Phi) is 7.87. The van der Waals surface area contributed by atoms with Crippen LogP contribution in [0.4, 0.5) is 5.82 Å². The van der Waals surface area contributed by atoms with Crippen molar-refractivity contribution in [3.8, 4) is 0 Å². The molecule has 0 unspecified atom stereocenters. The Labute approximate surface area is 221 Å². The van der Waals surface area contributed by atoms with Crippen molar-refractivity contribution in [2.24, 2.45) is 5.92 Å². The minimum Gasteiger partial charge on any atom is -0.327 e. The van der Waals surface area contributed by atoms with Crippen LogP contribution in [0.2, 0.25) is 0 Å². The summed E-state index contributed by atoms with van der Waals surface area (Å²) in [6, 6.07) is 7.42. The van der Waals surface area contributed by atoms with Crippen molar-refractivity contribution in [2.75, 3.05) is 5.32 Å². The average Bonchev–Trinajstić information content (AvgIpc) is 3.17. The third-order valence-corrected chi connectivity index (χ3v) is 8.51. The highest BCUT2D eigenvalue weighted by molar-refractivity contribution is 9.10. The highest BCUT2D eigenvalue weighted by Gasteiger charge is 2.25. The molecule has 36 heavy (non-hydrogen) atoms. The van der Waals surface area contributed by atoms with E-state index in [1.165, 1.54) is 51.3 Å². The number of fused-ring (bicyclic) bond motifs is 1. The molecule has 1 amide bonds. The summed E-state index contributed by atoms with van der Waals surface area (Å²) >= 11 is 3.27. The van der Waals surface area contributed by atoms with Crippen LogP contribution in [-0.2, 0) is 33.3 Å². The van der Waals surface area contributed by atoms with E-state index in [0.29, 0.717) is 10.4 Å². The standard InChI is InChI=1S/C26H34BrN5O3S/c1-17(33)30-24-21(27)13-20(15-28-24)36(34,35)29-14-19-10-11-23-22(12-19)31-25(26(2,3)4)32(23)16-18-8-6-5-7-9-18/h10-13,15,18,29H,5-9,14,16H2,1-4H3,(H,28,30,33). The molecule has 8 nitrogen and oxygen atoms in total. The van der Waals surface area contributed by atoms with Crippen LogP contribution in [0.15, 0.2) is 39.8 Å². The molecule has 10 heteroatoms. The normalized spacial score (nSPS) is 15.4. The molecule has 4 rings (SSSR count). The number of sulfonamides is 1. The van der Waals surface area contributed by atoms with E-state index in [1.807, 2.05) is 12.1 Å². The molecule has 1 aliphatic carbocycles. The van der Waals surface area contributed by atoms with E-state index in [2.05, 4.69) is 62.4 Å². The van der Waals surface area contributed by atoms with E-state index < -0.39 is 10.0 Å². The SMILES string of the molecule is CC(=O)Nc1ncc(S(=O)(=O)NCc2ccc3c(c2)nc(C(C)(C)C)n3CC2CCCCC2)cc1Br. The van der Waals surface area contributed by atoms with Gasteiger partial charge in [-0.05, 0) is 58.5 Å². The summed E-state index contributed by atoms with van der Waals surface area (Å²) in [5.41, 5.74) is 2.71. The van der Waals surface area contributed by atoms with E-state index >= 15 is 0 Å². The van der Waals surface area contributed by atoms with Crippen molar-refractivity contribution in [3.05, 3.63) is 46.3 Å². The number of nitrogens with zero attached hydrogens (tertiary/aromatic N) is 3. The molecule has 0 bridgehead atoms. The predicted molar refractivity (Wildman–Crippen MR) is 145 cm³/mol. The first-order valence-corrected chi connectivity index (χ1v) is 14.6. The number of nitrogens with one attached hydrogen (secondary N) is 2. The maximum atomic E-state index is 12.9. The van der Waals surface area contributed by atoms with Gasteiger partial charge in [-0.2, -0.15) is 0 Å². The molecular formula is C26H34BrN5O3S. The Balaban J connectivity index is 1.55. The zero-order chi connectivity index (χ0) is 26.1. The number of imidazole rings is 1. The lowest BCUT2D eigenvalue weighted by Gasteiger charge is -2.26. The molecule has 1 aliphatic rings. The minimum absolute atomic E-state index is 0.0105. The molecule has 0 atom stereocenters. The fraction of sp³-hybridized carbons (Fsp3) is 0.500. The molecule has 2 heterocycles. The third kappa shape index (κ3) is 6.15.